The van der Waals surface area contributed by atoms with Gasteiger partial charge in [-0.1, -0.05) is 6.92 Å². The van der Waals surface area contributed by atoms with Gasteiger partial charge >= 0.3 is 0 Å². The molecule has 66 valence electrons. The van der Waals surface area contributed by atoms with E-state index in [4.69, 9.17) is 0 Å². The van der Waals surface area contributed by atoms with Crippen LogP contribution in [0.4, 0.5) is 0 Å². The summed E-state index contributed by atoms with van der Waals surface area (Å²) in [5, 5.41) is 10.1. The SMILES string of the molecule is CC1CCC1NCc1ncn[nH]1. The molecule has 2 unspecified atom stereocenters. The lowest BCUT2D eigenvalue weighted by Gasteiger charge is -2.34. The third-order valence-electron chi connectivity index (χ3n) is 2.62. The summed E-state index contributed by atoms with van der Waals surface area (Å²) in [5.41, 5.74) is 0. The summed E-state index contributed by atoms with van der Waals surface area (Å²) < 4.78 is 0. The third kappa shape index (κ3) is 1.48. The van der Waals surface area contributed by atoms with Crippen LogP contribution in [0.3, 0.4) is 0 Å². The Balaban J connectivity index is 1.75. The van der Waals surface area contributed by atoms with Crippen molar-refractivity contribution >= 4 is 0 Å². The van der Waals surface area contributed by atoms with Crippen molar-refractivity contribution in [3.63, 3.8) is 0 Å². The van der Waals surface area contributed by atoms with Gasteiger partial charge < -0.3 is 5.32 Å². The van der Waals surface area contributed by atoms with Gasteiger partial charge in [-0.2, -0.15) is 5.10 Å². The topological polar surface area (TPSA) is 53.6 Å². The summed E-state index contributed by atoms with van der Waals surface area (Å²) in [5.74, 6) is 1.75. The molecule has 2 N–H and O–H groups in total. The van der Waals surface area contributed by atoms with Crippen LogP contribution in [-0.4, -0.2) is 21.2 Å². The third-order valence-corrected chi connectivity index (χ3v) is 2.62. The first-order valence-corrected chi connectivity index (χ1v) is 4.44. The zero-order valence-electron chi connectivity index (χ0n) is 7.25. The molecule has 0 bridgehead atoms. The molecule has 1 aliphatic rings. The lowest BCUT2D eigenvalue weighted by atomic mass is 9.81. The summed E-state index contributed by atoms with van der Waals surface area (Å²) >= 11 is 0. The van der Waals surface area contributed by atoms with Crippen LogP contribution >= 0.6 is 0 Å². The standard InChI is InChI=1S/C8H14N4/c1-6-2-3-7(6)9-4-8-10-5-11-12-8/h5-7,9H,2-4H2,1H3,(H,10,11,12). The number of hydrogen-bond donors (Lipinski definition) is 2. The molecular formula is C8H14N4. The minimum Gasteiger partial charge on any atom is -0.307 e. The maximum absolute atomic E-state index is 4.04. The molecule has 2 rings (SSSR count). The van der Waals surface area contributed by atoms with Gasteiger partial charge in [0.05, 0.1) is 6.54 Å². The molecule has 4 nitrogen and oxygen atoms in total. The zero-order chi connectivity index (χ0) is 8.39. The second kappa shape index (κ2) is 3.23. The van der Waals surface area contributed by atoms with Crippen molar-refractivity contribution in [3.8, 4) is 0 Å². The van der Waals surface area contributed by atoms with Crippen molar-refractivity contribution in [2.24, 2.45) is 5.92 Å². The van der Waals surface area contributed by atoms with Gasteiger partial charge in [0.25, 0.3) is 0 Å². The molecule has 1 aromatic heterocycles. The van der Waals surface area contributed by atoms with Gasteiger partial charge in [0.2, 0.25) is 0 Å². The van der Waals surface area contributed by atoms with E-state index in [1.807, 2.05) is 0 Å². The Morgan fingerprint density at radius 3 is 3.08 bits per heavy atom. The van der Waals surface area contributed by atoms with Gasteiger partial charge in [0.15, 0.2) is 0 Å². The van der Waals surface area contributed by atoms with E-state index in [2.05, 4.69) is 27.4 Å². The highest BCUT2D eigenvalue weighted by Gasteiger charge is 2.25. The van der Waals surface area contributed by atoms with Gasteiger partial charge in [-0.25, -0.2) is 4.98 Å². The van der Waals surface area contributed by atoms with Crippen LogP contribution in [0.2, 0.25) is 0 Å². The van der Waals surface area contributed by atoms with E-state index in [0.717, 1.165) is 18.3 Å². The van der Waals surface area contributed by atoms with Crippen LogP contribution in [0.1, 0.15) is 25.6 Å². The number of nitrogens with one attached hydrogen (secondary N) is 2. The number of aromatic amines is 1. The summed E-state index contributed by atoms with van der Waals surface area (Å²) in [4.78, 5) is 4.04. The lowest BCUT2D eigenvalue weighted by molar-refractivity contribution is 0.227. The molecule has 1 heterocycles. The van der Waals surface area contributed by atoms with E-state index in [9.17, 15) is 0 Å². The fourth-order valence-corrected chi connectivity index (χ4v) is 1.51. The van der Waals surface area contributed by atoms with E-state index >= 15 is 0 Å². The summed E-state index contributed by atoms with van der Waals surface area (Å²) in [7, 11) is 0. The predicted octanol–water partition coefficient (Wildman–Crippen LogP) is 0.693. The van der Waals surface area contributed by atoms with Crippen LogP contribution in [0.25, 0.3) is 0 Å². The van der Waals surface area contributed by atoms with Gasteiger partial charge in [-0.15, -0.1) is 0 Å². The van der Waals surface area contributed by atoms with Gasteiger partial charge in [0, 0.05) is 6.04 Å². The first kappa shape index (κ1) is 7.73. The van der Waals surface area contributed by atoms with E-state index in [1.165, 1.54) is 12.8 Å². The Bertz CT molecular complexity index is 231. The molecule has 0 radical (unpaired) electrons. The minimum atomic E-state index is 0.690. The van der Waals surface area contributed by atoms with Crippen molar-refractivity contribution in [1.82, 2.24) is 20.5 Å². The van der Waals surface area contributed by atoms with Crippen molar-refractivity contribution in [2.75, 3.05) is 0 Å². The normalized spacial score (nSPS) is 28.4. The quantitative estimate of drug-likeness (QED) is 0.694. The molecule has 0 aromatic carbocycles. The second-order valence-electron chi connectivity index (χ2n) is 3.47. The van der Waals surface area contributed by atoms with Crippen molar-refractivity contribution < 1.29 is 0 Å². The summed E-state index contributed by atoms with van der Waals surface area (Å²) in [6.45, 7) is 3.09. The average Bonchev–Trinajstić information content (AvgIpc) is 2.54. The predicted molar refractivity (Wildman–Crippen MR) is 45.4 cm³/mol. The van der Waals surface area contributed by atoms with E-state index in [1.54, 1.807) is 6.33 Å². The minimum absolute atomic E-state index is 0.690. The van der Waals surface area contributed by atoms with Crippen LogP contribution in [0.15, 0.2) is 6.33 Å². The molecular weight excluding hydrogens is 152 g/mol. The van der Waals surface area contributed by atoms with Crippen LogP contribution in [0, 0.1) is 5.92 Å². The fourth-order valence-electron chi connectivity index (χ4n) is 1.51. The highest BCUT2D eigenvalue weighted by atomic mass is 15.2. The first-order chi connectivity index (χ1) is 5.86. The largest absolute Gasteiger partial charge is 0.307 e. The molecule has 1 fully saturated rings. The van der Waals surface area contributed by atoms with E-state index < -0.39 is 0 Å². The van der Waals surface area contributed by atoms with Crippen molar-refractivity contribution in [2.45, 2.75) is 32.4 Å². The number of rotatable bonds is 3. The molecule has 2 atom stereocenters. The fraction of sp³-hybridized carbons (Fsp3) is 0.750. The summed E-state index contributed by atoms with van der Waals surface area (Å²) in [6, 6.07) is 0.690. The Labute approximate surface area is 71.8 Å². The smallest absolute Gasteiger partial charge is 0.138 e. The number of nitrogens with zero attached hydrogens (tertiary/aromatic N) is 2. The monoisotopic (exact) mass is 166 g/mol. The Hall–Kier alpha value is -0.900. The molecule has 12 heavy (non-hydrogen) atoms. The molecule has 4 heteroatoms. The molecule has 0 amide bonds. The molecule has 1 aromatic rings. The van der Waals surface area contributed by atoms with Crippen molar-refractivity contribution in [1.29, 1.82) is 0 Å². The molecule has 0 saturated heterocycles. The average molecular weight is 166 g/mol. The second-order valence-corrected chi connectivity index (χ2v) is 3.47. The van der Waals surface area contributed by atoms with Gasteiger partial charge in [-0.3, -0.25) is 5.10 Å². The van der Waals surface area contributed by atoms with Crippen LogP contribution in [0.5, 0.6) is 0 Å². The zero-order valence-corrected chi connectivity index (χ0v) is 7.25. The van der Waals surface area contributed by atoms with Crippen molar-refractivity contribution in [3.05, 3.63) is 12.2 Å². The Kier molecular flexibility index (Phi) is 2.08. The first-order valence-electron chi connectivity index (χ1n) is 4.44. The Morgan fingerprint density at radius 1 is 1.67 bits per heavy atom. The lowest BCUT2D eigenvalue weighted by Crippen LogP contribution is -2.42. The highest BCUT2D eigenvalue weighted by molar-refractivity contribution is 4.87. The van der Waals surface area contributed by atoms with Crippen LogP contribution < -0.4 is 5.32 Å². The van der Waals surface area contributed by atoms with Crippen LogP contribution in [-0.2, 0) is 6.54 Å². The number of aromatic nitrogens is 3. The molecule has 0 spiro atoms. The number of H-pyrrole nitrogens is 1. The molecule has 0 aliphatic heterocycles. The van der Waals surface area contributed by atoms with E-state index in [0.29, 0.717) is 6.04 Å². The summed E-state index contributed by atoms with van der Waals surface area (Å²) in [6.07, 6.45) is 4.20. The maximum atomic E-state index is 4.04. The Morgan fingerprint density at radius 2 is 2.58 bits per heavy atom. The molecule has 1 saturated carbocycles. The number of hydrogen-bond acceptors (Lipinski definition) is 3. The van der Waals surface area contributed by atoms with Gasteiger partial charge in [0.1, 0.15) is 12.2 Å². The van der Waals surface area contributed by atoms with Gasteiger partial charge in [-0.05, 0) is 18.8 Å². The van der Waals surface area contributed by atoms with E-state index in [-0.39, 0.29) is 0 Å². The maximum Gasteiger partial charge on any atom is 0.138 e. The highest BCUT2D eigenvalue weighted by Crippen LogP contribution is 2.26. The molecule has 1 aliphatic carbocycles.